The number of benzene rings is 2. The van der Waals surface area contributed by atoms with Crippen molar-refractivity contribution in [2.75, 3.05) is 6.54 Å². The molecule has 1 amide bonds. The first-order valence-electron chi connectivity index (χ1n) is 7.79. The van der Waals surface area contributed by atoms with Crippen molar-refractivity contribution in [1.82, 2.24) is 5.32 Å². The summed E-state index contributed by atoms with van der Waals surface area (Å²) in [5.41, 5.74) is 1.32. The van der Waals surface area contributed by atoms with Crippen LogP contribution in [0.25, 0.3) is 11.0 Å². The van der Waals surface area contributed by atoms with Crippen molar-refractivity contribution >= 4 is 16.9 Å². The fourth-order valence-electron chi connectivity index (χ4n) is 2.42. The van der Waals surface area contributed by atoms with Gasteiger partial charge in [0.1, 0.15) is 17.9 Å². The van der Waals surface area contributed by atoms with E-state index in [-0.39, 0.29) is 24.8 Å². The first-order chi connectivity index (χ1) is 11.6. The largest absolute Gasteiger partial charge is 0.489 e. The average molecular weight is 325 g/mol. The van der Waals surface area contributed by atoms with Gasteiger partial charge in [0.05, 0.1) is 6.10 Å². The molecule has 124 valence electrons. The van der Waals surface area contributed by atoms with E-state index in [1.54, 1.807) is 6.92 Å². The summed E-state index contributed by atoms with van der Waals surface area (Å²) in [5, 5.41) is 12.8. The van der Waals surface area contributed by atoms with Gasteiger partial charge in [0.2, 0.25) is 0 Å². The van der Waals surface area contributed by atoms with E-state index in [9.17, 15) is 9.90 Å². The number of amides is 1. The summed E-state index contributed by atoms with van der Waals surface area (Å²) in [5.74, 6) is 0.574. The molecular formula is C19H19NO4. The van der Waals surface area contributed by atoms with Crippen LogP contribution in [0.4, 0.5) is 0 Å². The number of rotatable bonds is 6. The lowest BCUT2D eigenvalue weighted by molar-refractivity contribution is 0.0895. The monoisotopic (exact) mass is 325 g/mol. The Morgan fingerprint density at radius 2 is 1.88 bits per heavy atom. The van der Waals surface area contributed by atoms with E-state index in [4.69, 9.17) is 9.15 Å². The topological polar surface area (TPSA) is 71.7 Å². The van der Waals surface area contributed by atoms with E-state index in [0.29, 0.717) is 11.1 Å². The zero-order valence-electron chi connectivity index (χ0n) is 13.4. The van der Waals surface area contributed by atoms with E-state index in [0.717, 1.165) is 11.1 Å². The smallest absolute Gasteiger partial charge is 0.287 e. The molecule has 0 bridgehead atoms. The normalized spacial score (nSPS) is 12.1. The summed E-state index contributed by atoms with van der Waals surface area (Å²) >= 11 is 0. The first-order valence-corrected chi connectivity index (χ1v) is 7.79. The highest BCUT2D eigenvalue weighted by atomic mass is 16.5. The van der Waals surface area contributed by atoms with Crippen LogP contribution in [0.15, 0.2) is 59.0 Å². The van der Waals surface area contributed by atoms with Gasteiger partial charge in [-0.1, -0.05) is 36.4 Å². The van der Waals surface area contributed by atoms with Crippen molar-refractivity contribution in [2.45, 2.75) is 19.6 Å². The molecule has 3 rings (SSSR count). The Hall–Kier alpha value is -2.79. The second-order valence-electron chi connectivity index (χ2n) is 5.57. The number of hydrogen-bond acceptors (Lipinski definition) is 4. The highest BCUT2D eigenvalue weighted by Gasteiger charge is 2.21. The van der Waals surface area contributed by atoms with Crippen molar-refractivity contribution in [3.63, 3.8) is 0 Å². The van der Waals surface area contributed by atoms with Crippen LogP contribution in [0.3, 0.4) is 0 Å². The molecule has 2 aromatic carbocycles. The summed E-state index contributed by atoms with van der Waals surface area (Å²) in [6.07, 6.45) is -0.623. The molecular weight excluding hydrogens is 306 g/mol. The van der Waals surface area contributed by atoms with Gasteiger partial charge in [-0.3, -0.25) is 4.79 Å². The summed E-state index contributed by atoms with van der Waals surface area (Å²) < 4.78 is 11.5. The van der Waals surface area contributed by atoms with Crippen LogP contribution >= 0.6 is 0 Å². The van der Waals surface area contributed by atoms with E-state index in [1.807, 2.05) is 54.6 Å². The van der Waals surface area contributed by atoms with Crippen LogP contribution in [0.5, 0.6) is 5.75 Å². The van der Waals surface area contributed by atoms with Gasteiger partial charge in [-0.2, -0.15) is 0 Å². The third-order valence-corrected chi connectivity index (χ3v) is 3.59. The molecule has 0 radical (unpaired) electrons. The number of para-hydroxylation sites is 2. The Balaban J connectivity index is 1.88. The van der Waals surface area contributed by atoms with Gasteiger partial charge < -0.3 is 19.6 Å². The molecule has 0 fully saturated rings. The molecule has 5 heteroatoms. The fraction of sp³-hybridized carbons (Fsp3) is 0.211. The van der Waals surface area contributed by atoms with Gasteiger partial charge in [0.25, 0.3) is 5.91 Å². The SMILES string of the molecule is CC(O)CNC(=O)c1oc2ccccc2c1COc1ccccc1. The average Bonchev–Trinajstić information content (AvgIpc) is 2.97. The van der Waals surface area contributed by atoms with E-state index >= 15 is 0 Å². The Morgan fingerprint density at radius 1 is 1.17 bits per heavy atom. The molecule has 0 aliphatic carbocycles. The first kappa shape index (κ1) is 16.1. The molecule has 2 N–H and O–H groups in total. The zero-order valence-corrected chi connectivity index (χ0v) is 13.4. The van der Waals surface area contributed by atoms with Crippen molar-refractivity contribution in [3.8, 4) is 5.75 Å². The second kappa shape index (κ2) is 7.19. The summed E-state index contributed by atoms with van der Waals surface area (Å²) in [6, 6.07) is 16.9. The van der Waals surface area contributed by atoms with E-state index in [2.05, 4.69) is 5.32 Å². The van der Waals surface area contributed by atoms with Crippen LogP contribution in [-0.2, 0) is 6.61 Å². The van der Waals surface area contributed by atoms with E-state index in [1.165, 1.54) is 0 Å². The fourth-order valence-corrected chi connectivity index (χ4v) is 2.42. The summed E-state index contributed by atoms with van der Waals surface area (Å²) in [7, 11) is 0. The minimum absolute atomic E-state index is 0.162. The molecule has 1 atom stereocenters. The number of hydrogen-bond donors (Lipinski definition) is 2. The molecule has 0 saturated carbocycles. The van der Waals surface area contributed by atoms with Gasteiger partial charge in [-0.25, -0.2) is 0 Å². The third kappa shape index (κ3) is 3.58. The minimum Gasteiger partial charge on any atom is -0.489 e. The highest BCUT2D eigenvalue weighted by molar-refractivity contribution is 5.99. The Bertz CT molecular complexity index is 824. The van der Waals surface area contributed by atoms with Crippen molar-refractivity contribution in [2.24, 2.45) is 0 Å². The summed E-state index contributed by atoms with van der Waals surface area (Å²) in [6.45, 7) is 1.99. The number of aliphatic hydroxyl groups is 1. The number of ether oxygens (including phenoxy) is 1. The molecule has 0 spiro atoms. The predicted molar refractivity (Wildman–Crippen MR) is 91.0 cm³/mol. The third-order valence-electron chi connectivity index (χ3n) is 3.59. The lowest BCUT2D eigenvalue weighted by atomic mass is 10.1. The van der Waals surface area contributed by atoms with Gasteiger partial charge in [0, 0.05) is 17.5 Å². The molecule has 0 aliphatic heterocycles. The van der Waals surface area contributed by atoms with Gasteiger partial charge in [-0.15, -0.1) is 0 Å². The molecule has 1 unspecified atom stereocenters. The lowest BCUT2D eigenvalue weighted by Crippen LogP contribution is -2.30. The molecule has 0 saturated heterocycles. The quantitative estimate of drug-likeness (QED) is 0.730. The van der Waals surface area contributed by atoms with Crippen LogP contribution in [-0.4, -0.2) is 23.7 Å². The van der Waals surface area contributed by atoms with Crippen molar-refractivity contribution < 1.29 is 19.1 Å². The van der Waals surface area contributed by atoms with Crippen molar-refractivity contribution in [3.05, 3.63) is 65.9 Å². The Labute approximate surface area is 139 Å². The van der Waals surface area contributed by atoms with Crippen LogP contribution in [0.2, 0.25) is 0 Å². The van der Waals surface area contributed by atoms with E-state index < -0.39 is 6.10 Å². The molecule has 1 aromatic heterocycles. The predicted octanol–water partition coefficient (Wildman–Crippen LogP) is 3.12. The summed E-state index contributed by atoms with van der Waals surface area (Å²) in [4.78, 5) is 12.4. The second-order valence-corrected chi connectivity index (χ2v) is 5.57. The van der Waals surface area contributed by atoms with Crippen LogP contribution in [0, 0.1) is 0 Å². The maximum absolute atomic E-state index is 12.4. The molecule has 24 heavy (non-hydrogen) atoms. The van der Waals surface area contributed by atoms with Crippen LogP contribution < -0.4 is 10.1 Å². The maximum atomic E-state index is 12.4. The zero-order chi connectivity index (χ0) is 16.9. The molecule has 1 heterocycles. The van der Waals surface area contributed by atoms with Gasteiger partial charge >= 0.3 is 0 Å². The molecule has 5 nitrogen and oxygen atoms in total. The standard InChI is InChI=1S/C19H19NO4/c1-13(21)11-20-19(22)18-16(12-23-14-7-3-2-4-8-14)15-9-5-6-10-17(15)24-18/h2-10,13,21H,11-12H2,1H3,(H,20,22). The number of fused-ring (bicyclic) bond motifs is 1. The van der Waals surface area contributed by atoms with Gasteiger partial charge in [0.15, 0.2) is 5.76 Å². The van der Waals surface area contributed by atoms with Crippen LogP contribution in [0.1, 0.15) is 23.0 Å². The molecule has 3 aromatic rings. The minimum atomic E-state index is -0.623. The number of carbonyl (C=O) groups is 1. The van der Waals surface area contributed by atoms with Gasteiger partial charge in [-0.05, 0) is 25.1 Å². The lowest BCUT2D eigenvalue weighted by Gasteiger charge is -2.08. The Kier molecular flexibility index (Phi) is 4.82. The molecule has 0 aliphatic rings. The number of furan rings is 1. The van der Waals surface area contributed by atoms with Crippen molar-refractivity contribution in [1.29, 1.82) is 0 Å². The number of carbonyl (C=O) groups excluding carboxylic acids is 1. The Morgan fingerprint density at radius 3 is 2.62 bits per heavy atom. The number of nitrogens with one attached hydrogen (secondary N) is 1. The maximum Gasteiger partial charge on any atom is 0.287 e. The number of aliphatic hydroxyl groups excluding tert-OH is 1. The highest BCUT2D eigenvalue weighted by Crippen LogP contribution is 2.27.